The molecule has 6 heteroatoms. The van der Waals surface area contributed by atoms with Gasteiger partial charge in [0.15, 0.2) is 0 Å². The fourth-order valence-electron chi connectivity index (χ4n) is 2.10. The second kappa shape index (κ2) is 3.51. The van der Waals surface area contributed by atoms with Gasteiger partial charge in [-0.1, -0.05) is 5.21 Å². The highest BCUT2D eigenvalue weighted by molar-refractivity contribution is 6.01. The van der Waals surface area contributed by atoms with Crippen molar-refractivity contribution in [3.8, 4) is 0 Å². The number of aromatic nitrogens is 3. The number of halogens is 1. The minimum Gasteiger partial charge on any atom is -0.478 e. The van der Waals surface area contributed by atoms with Gasteiger partial charge in [0.05, 0.1) is 6.04 Å². The maximum absolute atomic E-state index is 13.6. The fraction of sp³-hybridized carbons (Fsp3) is 0.364. The molecular formula is C11H10FN3O2. The zero-order valence-corrected chi connectivity index (χ0v) is 8.93. The van der Waals surface area contributed by atoms with E-state index in [2.05, 4.69) is 10.3 Å². The first kappa shape index (κ1) is 10.2. The van der Waals surface area contributed by atoms with Crippen molar-refractivity contribution < 1.29 is 14.3 Å². The molecule has 3 rings (SSSR count). The van der Waals surface area contributed by atoms with Gasteiger partial charge in [0.2, 0.25) is 0 Å². The average Bonchev–Trinajstić information content (AvgIpc) is 2.59. The smallest absolute Gasteiger partial charge is 0.340 e. The number of carboxylic acid groups (broad SMARTS) is 1. The molecule has 88 valence electrons. The molecule has 17 heavy (non-hydrogen) atoms. The number of benzene rings is 1. The summed E-state index contributed by atoms with van der Waals surface area (Å²) in [5.74, 6) is -2.02. The van der Waals surface area contributed by atoms with Crippen molar-refractivity contribution in [2.75, 3.05) is 0 Å². The van der Waals surface area contributed by atoms with Crippen LogP contribution in [0.5, 0.6) is 0 Å². The summed E-state index contributed by atoms with van der Waals surface area (Å²) in [5, 5.41) is 16.9. The van der Waals surface area contributed by atoms with E-state index in [4.69, 9.17) is 5.11 Å². The quantitative estimate of drug-likeness (QED) is 0.864. The molecule has 1 heterocycles. The number of hydrogen-bond acceptors (Lipinski definition) is 3. The van der Waals surface area contributed by atoms with Gasteiger partial charge < -0.3 is 5.11 Å². The third kappa shape index (κ3) is 1.40. The van der Waals surface area contributed by atoms with Crippen molar-refractivity contribution in [2.24, 2.45) is 0 Å². The van der Waals surface area contributed by atoms with Crippen molar-refractivity contribution in [1.82, 2.24) is 15.0 Å². The highest BCUT2D eigenvalue weighted by Crippen LogP contribution is 2.34. The Bertz CT molecular complexity index is 604. The number of fused-ring (bicyclic) bond motifs is 1. The molecule has 0 unspecified atom stereocenters. The summed E-state index contributed by atoms with van der Waals surface area (Å²) < 4.78 is 15.1. The van der Waals surface area contributed by atoms with Gasteiger partial charge in [-0.05, 0) is 31.4 Å². The molecule has 0 amide bonds. The second-order valence-electron chi connectivity index (χ2n) is 4.21. The number of rotatable bonds is 2. The molecule has 2 aromatic rings. The molecule has 1 aromatic heterocycles. The Morgan fingerprint density at radius 2 is 2.24 bits per heavy atom. The zero-order valence-electron chi connectivity index (χ0n) is 8.93. The Hall–Kier alpha value is -1.98. The van der Waals surface area contributed by atoms with Gasteiger partial charge >= 0.3 is 5.97 Å². The lowest BCUT2D eigenvalue weighted by atomic mass is 9.93. The van der Waals surface area contributed by atoms with E-state index in [1.807, 2.05) is 0 Å². The number of nitrogens with zero attached hydrogens (tertiary/aromatic N) is 3. The maximum Gasteiger partial charge on any atom is 0.340 e. The average molecular weight is 235 g/mol. The first-order valence-corrected chi connectivity index (χ1v) is 5.45. The van der Waals surface area contributed by atoms with Crippen LogP contribution >= 0.6 is 0 Å². The fourth-order valence-corrected chi connectivity index (χ4v) is 2.10. The summed E-state index contributed by atoms with van der Waals surface area (Å²) in [6.07, 6.45) is 2.96. The molecule has 1 N–H and O–H groups in total. The van der Waals surface area contributed by atoms with Crippen LogP contribution in [0.4, 0.5) is 4.39 Å². The molecule has 0 bridgehead atoms. The lowest BCUT2D eigenvalue weighted by Gasteiger charge is -2.25. The van der Waals surface area contributed by atoms with Crippen LogP contribution in [0.25, 0.3) is 11.0 Å². The number of hydrogen-bond donors (Lipinski definition) is 1. The first-order chi connectivity index (χ1) is 8.18. The minimum absolute atomic E-state index is 0.153. The summed E-state index contributed by atoms with van der Waals surface area (Å²) in [4.78, 5) is 11.1. The summed E-state index contributed by atoms with van der Waals surface area (Å²) in [7, 11) is 0. The van der Waals surface area contributed by atoms with E-state index >= 15 is 0 Å². The molecule has 1 aliphatic carbocycles. The lowest BCUT2D eigenvalue weighted by Crippen LogP contribution is -2.19. The molecule has 1 aromatic carbocycles. The maximum atomic E-state index is 13.6. The number of carbonyl (C=O) groups is 1. The monoisotopic (exact) mass is 235 g/mol. The topological polar surface area (TPSA) is 68.0 Å². The van der Waals surface area contributed by atoms with Crippen LogP contribution in [0.1, 0.15) is 35.7 Å². The van der Waals surface area contributed by atoms with Crippen molar-refractivity contribution >= 4 is 17.0 Å². The van der Waals surface area contributed by atoms with Crippen molar-refractivity contribution in [3.63, 3.8) is 0 Å². The van der Waals surface area contributed by atoms with Crippen LogP contribution in [0.2, 0.25) is 0 Å². The lowest BCUT2D eigenvalue weighted by molar-refractivity contribution is 0.0693. The van der Waals surface area contributed by atoms with Gasteiger partial charge in [-0.3, -0.25) is 0 Å². The molecule has 0 aliphatic heterocycles. The standard InChI is InChI=1S/C11H10FN3O2/c12-7-4-5-8-10(9(7)11(16)17)15(14-13-8)6-2-1-3-6/h4-6H,1-3H2,(H,16,17). The predicted octanol–water partition coefficient (Wildman–Crippen LogP) is 1.99. The van der Waals surface area contributed by atoms with E-state index < -0.39 is 11.8 Å². The molecule has 0 saturated heterocycles. The van der Waals surface area contributed by atoms with Gasteiger partial charge in [0, 0.05) is 0 Å². The van der Waals surface area contributed by atoms with Crippen LogP contribution in [0.3, 0.4) is 0 Å². The van der Waals surface area contributed by atoms with E-state index in [0.29, 0.717) is 11.0 Å². The van der Waals surface area contributed by atoms with Crippen LogP contribution < -0.4 is 0 Å². The Labute approximate surface area is 95.8 Å². The van der Waals surface area contributed by atoms with Gasteiger partial charge in [0.1, 0.15) is 22.4 Å². The molecule has 0 atom stereocenters. The third-order valence-electron chi connectivity index (χ3n) is 3.22. The number of aromatic carboxylic acids is 1. The molecular weight excluding hydrogens is 225 g/mol. The van der Waals surface area contributed by atoms with Gasteiger partial charge in [-0.2, -0.15) is 0 Å². The van der Waals surface area contributed by atoms with Gasteiger partial charge in [0.25, 0.3) is 0 Å². The van der Waals surface area contributed by atoms with Gasteiger partial charge in [-0.15, -0.1) is 5.10 Å². The van der Waals surface area contributed by atoms with Crippen molar-refractivity contribution in [1.29, 1.82) is 0 Å². The normalized spacial score (nSPS) is 16.1. The Balaban J connectivity index is 2.30. The van der Waals surface area contributed by atoms with E-state index in [9.17, 15) is 9.18 Å². The van der Waals surface area contributed by atoms with Crippen LogP contribution in [0, 0.1) is 5.82 Å². The Morgan fingerprint density at radius 1 is 1.47 bits per heavy atom. The second-order valence-corrected chi connectivity index (χ2v) is 4.21. The largest absolute Gasteiger partial charge is 0.478 e. The molecule has 0 radical (unpaired) electrons. The summed E-state index contributed by atoms with van der Waals surface area (Å²) in [6, 6.07) is 2.73. The van der Waals surface area contributed by atoms with E-state index in [1.165, 1.54) is 6.07 Å². The molecule has 1 fully saturated rings. The molecule has 0 spiro atoms. The minimum atomic E-state index is -1.28. The summed E-state index contributed by atoms with van der Waals surface area (Å²) >= 11 is 0. The third-order valence-corrected chi connectivity index (χ3v) is 3.22. The van der Waals surface area contributed by atoms with E-state index in [1.54, 1.807) is 4.68 Å². The highest BCUT2D eigenvalue weighted by atomic mass is 19.1. The Morgan fingerprint density at radius 3 is 2.82 bits per heavy atom. The SMILES string of the molecule is O=C(O)c1c(F)ccc2nnn(C3CCC3)c12. The van der Waals surface area contributed by atoms with Crippen LogP contribution in [-0.2, 0) is 0 Å². The number of carboxylic acids is 1. The van der Waals surface area contributed by atoms with E-state index in [0.717, 1.165) is 25.3 Å². The van der Waals surface area contributed by atoms with Crippen molar-refractivity contribution in [2.45, 2.75) is 25.3 Å². The summed E-state index contributed by atoms with van der Waals surface area (Å²) in [6.45, 7) is 0. The Kier molecular flexibility index (Phi) is 2.10. The van der Waals surface area contributed by atoms with Crippen molar-refractivity contribution in [3.05, 3.63) is 23.5 Å². The van der Waals surface area contributed by atoms with Gasteiger partial charge in [-0.25, -0.2) is 13.9 Å². The molecule has 1 aliphatic rings. The molecule has 1 saturated carbocycles. The predicted molar refractivity (Wildman–Crippen MR) is 57.3 cm³/mol. The van der Waals surface area contributed by atoms with Crippen LogP contribution in [0.15, 0.2) is 12.1 Å². The zero-order chi connectivity index (χ0) is 12.0. The molecule has 5 nitrogen and oxygen atoms in total. The van der Waals surface area contributed by atoms with E-state index in [-0.39, 0.29) is 11.6 Å². The van der Waals surface area contributed by atoms with Crippen LogP contribution in [-0.4, -0.2) is 26.1 Å². The highest BCUT2D eigenvalue weighted by Gasteiger charge is 2.26. The summed E-state index contributed by atoms with van der Waals surface area (Å²) in [5.41, 5.74) is 0.386. The first-order valence-electron chi connectivity index (χ1n) is 5.45.